The van der Waals surface area contributed by atoms with Crippen LogP contribution in [0.4, 0.5) is 0 Å². The van der Waals surface area contributed by atoms with Gasteiger partial charge in [0.1, 0.15) is 24.4 Å². The molecule has 4 heteroatoms. The molecule has 0 unspecified atom stereocenters. The van der Waals surface area contributed by atoms with Crippen LogP contribution in [0.2, 0.25) is 0 Å². The average Bonchev–Trinajstić information content (AvgIpc) is 2.52. The fraction of sp³-hybridized carbons (Fsp3) is 0.176. The largest absolute Gasteiger partial charge is 0.496 e. The number of ether oxygens (including phenoxy) is 2. The summed E-state index contributed by atoms with van der Waals surface area (Å²) in [4.78, 5) is 22.2. The quantitative estimate of drug-likeness (QED) is 0.603. The lowest BCUT2D eigenvalue weighted by molar-refractivity contribution is 0.101. The highest BCUT2D eigenvalue weighted by Gasteiger charge is 2.06. The molecule has 0 aliphatic rings. The van der Waals surface area contributed by atoms with Crippen molar-refractivity contribution in [3.05, 3.63) is 59.2 Å². The zero-order chi connectivity index (χ0) is 15.2. The fourth-order valence-electron chi connectivity index (χ4n) is 1.95. The van der Waals surface area contributed by atoms with Crippen molar-refractivity contribution >= 4 is 12.1 Å². The summed E-state index contributed by atoms with van der Waals surface area (Å²) in [6, 6.07) is 12.1. The van der Waals surface area contributed by atoms with E-state index in [2.05, 4.69) is 0 Å². The van der Waals surface area contributed by atoms with Gasteiger partial charge in [0.05, 0.1) is 7.11 Å². The smallest absolute Gasteiger partial charge is 0.159 e. The van der Waals surface area contributed by atoms with Crippen LogP contribution in [-0.2, 0) is 6.61 Å². The predicted octanol–water partition coefficient (Wildman–Crippen LogP) is 3.29. The number of hydrogen-bond acceptors (Lipinski definition) is 4. The Morgan fingerprint density at radius 3 is 2.67 bits per heavy atom. The third-order valence-corrected chi connectivity index (χ3v) is 3.08. The number of rotatable bonds is 6. The van der Waals surface area contributed by atoms with Gasteiger partial charge in [0.2, 0.25) is 0 Å². The third-order valence-electron chi connectivity index (χ3n) is 3.08. The summed E-state index contributed by atoms with van der Waals surface area (Å²) in [7, 11) is 1.57. The van der Waals surface area contributed by atoms with Gasteiger partial charge < -0.3 is 9.47 Å². The molecule has 4 nitrogen and oxygen atoms in total. The maximum Gasteiger partial charge on any atom is 0.159 e. The van der Waals surface area contributed by atoms with Crippen LogP contribution in [0.3, 0.4) is 0 Å². The first-order valence-corrected chi connectivity index (χ1v) is 6.50. The van der Waals surface area contributed by atoms with E-state index in [-0.39, 0.29) is 12.4 Å². The number of carbonyl (C=O) groups is 2. The Morgan fingerprint density at radius 1 is 1.19 bits per heavy atom. The molecular weight excluding hydrogens is 268 g/mol. The molecule has 0 radical (unpaired) electrons. The molecule has 0 saturated carbocycles. The Balaban J connectivity index is 2.17. The van der Waals surface area contributed by atoms with Crippen molar-refractivity contribution in [2.24, 2.45) is 0 Å². The summed E-state index contributed by atoms with van der Waals surface area (Å²) < 4.78 is 10.9. The molecule has 0 bridgehead atoms. The van der Waals surface area contributed by atoms with Gasteiger partial charge in [-0.1, -0.05) is 12.1 Å². The van der Waals surface area contributed by atoms with Crippen molar-refractivity contribution in [3.8, 4) is 11.5 Å². The van der Waals surface area contributed by atoms with E-state index in [1.165, 1.54) is 6.92 Å². The van der Waals surface area contributed by atoms with E-state index in [1.807, 2.05) is 0 Å². The van der Waals surface area contributed by atoms with Crippen molar-refractivity contribution in [3.63, 3.8) is 0 Å². The van der Waals surface area contributed by atoms with Crippen LogP contribution in [0.5, 0.6) is 11.5 Å². The minimum absolute atomic E-state index is 0.0130. The molecule has 0 aliphatic carbocycles. The highest BCUT2D eigenvalue weighted by atomic mass is 16.5. The minimum Gasteiger partial charge on any atom is -0.496 e. The Hall–Kier alpha value is -2.62. The first-order chi connectivity index (χ1) is 10.1. The Bertz CT molecular complexity index is 662. The van der Waals surface area contributed by atoms with Crippen molar-refractivity contribution in [1.82, 2.24) is 0 Å². The van der Waals surface area contributed by atoms with Gasteiger partial charge in [-0.25, -0.2) is 0 Å². The van der Waals surface area contributed by atoms with E-state index in [0.29, 0.717) is 22.6 Å². The highest BCUT2D eigenvalue weighted by molar-refractivity contribution is 5.94. The number of ketones is 1. The molecule has 0 atom stereocenters. The van der Waals surface area contributed by atoms with Crippen molar-refractivity contribution < 1.29 is 19.1 Å². The lowest BCUT2D eigenvalue weighted by Crippen LogP contribution is -2.01. The second kappa shape index (κ2) is 6.70. The number of aldehydes is 1. The normalized spacial score (nSPS) is 10.0. The standard InChI is InChI=1S/C17H16O4/c1-12(19)14-4-3-5-16(9-14)21-11-15-8-13(10-18)6-7-17(15)20-2/h3-10H,11H2,1-2H3. The molecule has 2 aromatic carbocycles. The second-order valence-electron chi connectivity index (χ2n) is 4.56. The summed E-state index contributed by atoms with van der Waals surface area (Å²) in [6.07, 6.45) is 0.777. The van der Waals surface area contributed by atoms with Crippen LogP contribution in [0.1, 0.15) is 33.2 Å². The number of benzene rings is 2. The van der Waals surface area contributed by atoms with Gasteiger partial charge in [0, 0.05) is 16.7 Å². The molecule has 0 amide bonds. The fourth-order valence-corrected chi connectivity index (χ4v) is 1.95. The Kier molecular flexibility index (Phi) is 4.72. The van der Waals surface area contributed by atoms with Gasteiger partial charge in [-0.15, -0.1) is 0 Å². The van der Waals surface area contributed by atoms with Crippen LogP contribution in [-0.4, -0.2) is 19.2 Å². The third kappa shape index (κ3) is 3.69. The van der Waals surface area contributed by atoms with Crippen molar-refractivity contribution in [1.29, 1.82) is 0 Å². The molecule has 0 saturated heterocycles. The van der Waals surface area contributed by atoms with Crippen LogP contribution < -0.4 is 9.47 Å². The minimum atomic E-state index is -0.0130. The number of carbonyl (C=O) groups excluding carboxylic acids is 2. The van der Waals surface area contributed by atoms with Gasteiger partial charge in [0.15, 0.2) is 5.78 Å². The van der Waals surface area contributed by atoms with Crippen molar-refractivity contribution in [2.75, 3.05) is 7.11 Å². The molecule has 2 aromatic rings. The zero-order valence-corrected chi connectivity index (χ0v) is 12.0. The lowest BCUT2D eigenvalue weighted by Gasteiger charge is -2.11. The van der Waals surface area contributed by atoms with E-state index in [4.69, 9.17) is 9.47 Å². The number of Topliss-reactive ketones (excluding diaryl/α,β-unsaturated/α-hetero) is 1. The maximum atomic E-state index is 11.3. The topological polar surface area (TPSA) is 52.6 Å². The first-order valence-electron chi connectivity index (χ1n) is 6.50. The molecule has 108 valence electrons. The Morgan fingerprint density at radius 2 is 2.00 bits per heavy atom. The van der Waals surface area contributed by atoms with E-state index in [1.54, 1.807) is 49.6 Å². The summed E-state index contributed by atoms with van der Waals surface area (Å²) in [5.74, 6) is 1.24. The lowest BCUT2D eigenvalue weighted by atomic mass is 10.1. The molecule has 0 aromatic heterocycles. The number of methoxy groups -OCH3 is 1. The first kappa shape index (κ1) is 14.8. The van der Waals surface area contributed by atoms with E-state index >= 15 is 0 Å². The van der Waals surface area contributed by atoms with E-state index in [0.717, 1.165) is 11.8 Å². The van der Waals surface area contributed by atoms with Crippen LogP contribution in [0.15, 0.2) is 42.5 Å². The second-order valence-corrected chi connectivity index (χ2v) is 4.56. The molecule has 0 spiro atoms. The number of hydrogen-bond donors (Lipinski definition) is 0. The van der Waals surface area contributed by atoms with Gasteiger partial charge in [0.25, 0.3) is 0 Å². The predicted molar refractivity (Wildman–Crippen MR) is 79.2 cm³/mol. The van der Waals surface area contributed by atoms with Crippen LogP contribution in [0, 0.1) is 0 Å². The molecule has 21 heavy (non-hydrogen) atoms. The summed E-state index contributed by atoms with van der Waals surface area (Å²) in [5.41, 5.74) is 1.93. The maximum absolute atomic E-state index is 11.3. The molecule has 0 aliphatic heterocycles. The average molecular weight is 284 g/mol. The molecule has 0 fully saturated rings. The molecular formula is C17H16O4. The summed E-state index contributed by atoms with van der Waals surface area (Å²) >= 11 is 0. The SMILES string of the molecule is COc1ccc(C=O)cc1COc1cccc(C(C)=O)c1. The molecule has 0 N–H and O–H groups in total. The van der Waals surface area contributed by atoms with Gasteiger partial charge in [-0.3, -0.25) is 9.59 Å². The van der Waals surface area contributed by atoms with Gasteiger partial charge in [-0.2, -0.15) is 0 Å². The zero-order valence-electron chi connectivity index (χ0n) is 12.0. The summed E-state index contributed by atoms with van der Waals surface area (Å²) in [5, 5.41) is 0. The van der Waals surface area contributed by atoms with Crippen LogP contribution >= 0.6 is 0 Å². The van der Waals surface area contributed by atoms with Gasteiger partial charge >= 0.3 is 0 Å². The van der Waals surface area contributed by atoms with E-state index < -0.39 is 0 Å². The van der Waals surface area contributed by atoms with Crippen molar-refractivity contribution in [2.45, 2.75) is 13.5 Å². The molecule has 2 rings (SSSR count). The molecule has 0 heterocycles. The van der Waals surface area contributed by atoms with E-state index in [9.17, 15) is 9.59 Å². The summed E-state index contributed by atoms with van der Waals surface area (Å²) in [6.45, 7) is 1.77. The monoisotopic (exact) mass is 284 g/mol. The Labute approximate surface area is 123 Å². The van der Waals surface area contributed by atoms with Gasteiger partial charge in [-0.05, 0) is 37.3 Å². The van der Waals surface area contributed by atoms with Crippen LogP contribution in [0.25, 0.3) is 0 Å². The highest BCUT2D eigenvalue weighted by Crippen LogP contribution is 2.22.